The fraction of sp³-hybridized carbons (Fsp3) is 0.267. The summed E-state index contributed by atoms with van der Waals surface area (Å²) in [5.41, 5.74) is 9.86. The number of aryl methyl sites for hydroxylation is 3. The number of benzene rings is 1. The van der Waals surface area contributed by atoms with Crippen LogP contribution in [0.3, 0.4) is 0 Å². The largest absolute Gasteiger partial charge is 0.397 e. The van der Waals surface area contributed by atoms with Crippen LogP contribution in [-0.4, -0.2) is 21.6 Å². The molecule has 23 heavy (non-hydrogen) atoms. The summed E-state index contributed by atoms with van der Waals surface area (Å²) >= 11 is 4.70. The second kappa shape index (κ2) is 8.52. The van der Waals surface area contributed by atoms with Crippen molar-refractivity contribution in [1.82, 2.24) is 9.97 Å². The molecule has 1 aromatic carbocycles. The van der Waals surface area contributed by atoms with E-state index in [1.807, 2.05) is 32.9 Å². The number of hydrogen-bond acceptors (Lipinski definition) is 5. The van der Waals surface area contributed by atoms with E-state index in [0.29, 0.717) is 16.5 Å². The zero-order valence-electron chi connectivity index (χ0n) is 13.0. The van der Waals surface area contributed by atoms with Gasteiger partial charge in [-0.15, -0.1) is 12.4 Å². The predicted octanol–water partition coefficient (Wildman–Crippen LogP) is 3.90. The van der Waals surface area contributed by atoms with Crippen molar-refractivity contribution in [2.24, 2.45) is 0 Å². The number of rotatable bonds is 4. The minimum absolute atomic E-state index is 0. The number of halogens is 2. The summed E-state index contributed by atoms with van der Waals surface area (Å²) in [5.74, 6) is 0.0883. The van der Waals surface area contributed by atoms with Crippen LogP contribution in [0.4, 0.5) is 11.4 Å². The molecule has 0 aliphatic heterocycles. The third-order valence-corrected chi connectivity index (χ3v) is 4.22. The molecule has 0 aliphatic carbocycles. The van der Waals surface area contributed by atoms with Crippen molar-refractivity contribution >= 4 is 57.4 Å². The zero-order valence-corrected chi connectivity index (χ0v) is 16.2. The molecule has 0 atom stereocenters. The fourth-order valence-corrected chi connectivity index (χ4v) is 3.25. The lowest BCUT2D eigenvalue weighted by Crippen LogP contribution is -2.16. The summed E-state index contributed by atoms with van der Waals surface area (Å²) in [7, 11) is 0. The van der Waals surface area contributed by atoms with Crippen molar-refractivity contribution in [3.63, 3.8) is 0 Å². The summed E-state index contributed by atoms with van der Waals surface area (Å²) in [4.78, 5) is 20.7. The molecule has 1 amide bonds. The van der Waals surface area contributed by atoms with Gasteiger partial charge in [-0.05, 0) is 44.5 Å². The van der Waals surface area contributed by atoms with Gasteiger partial charge in [0.15, 0.2) is 5.16 Å². The van der Waals surface area contributed by atoms with Gasteiger partial charge < -0.3 is 11.1 Å². The number of anilines is 2. The van der Waals surface area contributed by atoms with E-state index >= 15 is 0 Å². The Labute approximate surface area is 154 Å². The third-order valence-electron chi connectivity index (χ3n) is 2.92. The number of nitrogen functional groups attached to an aromatic ring is 1. The normalized spacial score (nSPS) is 10.1. The Hall–Kier alpha value is -1.31. The van der Waals surface area contributed by atoms with Gasteiger partial charge in [-0.3, -0.25) is 4.79 Å². The van der Waals surface area contributed by atoms with E-state index < -0.39 is 0 Å². The molecule has 0 spiro atoms. The second-order valence-corrected chi connectivity index (χ2v) is 6.81. The first kappa shape index (κ1) is 19.7. The van der Waals surface area contributed by atoms with Gasteiger partial charge in [-0.2, -0.15) is 0 Å². The van der Waals surface area contributed by atoms with Crippen LogP contribution in [0.5, 0.6) is 0 Å². The molecular weight excluding hydrogens is 400 g/mol. The van der Waals surface area contributed by atoms with E-state index in [1.54, 1.807) is 6.07 Å². The van der Waals surface area contributed by atoms with Gasteiger partial charge in [-0.25, -0.2) is 9.97 Å². The summed E-state index contributed by atoms with van der Waals surface area (Å²) in [5, 5.41) is 3.42. The van der Waals surface area contributed by atoms with Crippen LogP contribution in [0.2, 0.25) is 0 Å². The number of nitrogens with two attached hydrogens (primary N) is 1. The van der Waals surface area contributed by atoms with Crippen LogP contribution in [0.25, 0.3) is 0 Å². The highest BCUT2D eigenvalue weighted by Gasteiger charge is 2.10. The standard InChI is InChI=1S/C15H17BrN4OS.ClH/c1-8-4-11(16)6-12(14(8)17)20-13(21)7-22-15-18-9(2)5-10(3)19-15;/h4-6H,7,17H2,1-3H3,(H,20,21);1H. The fourth-order valence-electron chi connectivity index (χ4n) is 1.93. The van der Waals surface area contributed by atoms with Crippen molar-refractivity contribution in [2.45, 2.75) is 25.9 Å². The minimum Gasteiger partial charge on any atom is -0.397 e. The Morgan fingerprint density at radius 3 is 2.43 bits per heavy atom. The molecular formula is C15H18BrClN4OS. The van der Waals surface area contributed by atoms with E-state index in [1.165, 1.54) is 11.8 Å². The van der Waals surface area contributed by atoms with Crippen LogP contribution in [0.15, 0.2) is 27.8 Å². The van der Waals surface area contributed by atoms with E-state index in [2.05, 4.69) is 31.2 Å². The van der Waals surface area contributed by atoms with Crippen molar-refractivity contribution < 1.29 is 4.79 Å². The monoisotopic (exact) mass is 416 g/mol. The predicted molar refractivity (Wildman–Crippen MR) is 101 cm³/mol. The lowest BCUT2D eigenvalue weighted by Gasteiger charge is -2.11. The summed E-state index contributed by atoms with van der Waals surface area (Å²) in [6.07, 6.45) is 0. The van der Waals surface area contributed by atoms with Crippen molar-refractivity contribution in [3.05, 3.63) is 39.6 Å². The molecule has 0 radical (unpaired) electrons. The van der Waals surface area contributed by atoms with Crippen molar-refractivity contribution in [2.75, 3.05) is 16.8 Å². The molecule has 0 bridgehead atoms. The van der Waals surface area contributed by atoms with Crippen LogP contribution in [0, 0.1) is 20.8 Å². The highest BCUT2D eigenvalue weighted by Crippen LogP contribution is 2.27. The average molecular weight is 418 g/mol. The molecule has 1 aromatic heterocycles. The number of hydrogen-bond donors (Lipinski definition) is 2. The third kappa shape index (κ3) is 5.67. The molecule has 0 unspecified atom stereocenters. The Balaban J connectivity index is 0.00000264. The molecule has 3 N–H and O–H groups in total. The number of carbonyl (C=O) groups is 1. The van der Waals surface area contributed by atoms with Crippen LogP contribution < -0.4 is 11.1 Å². The van der Waals surface area contributed by atoms with E-state index in [4.69, 9.17) is 5.73 Å². The average Bonchev–Trinajstić information content (AvgIpc) is 2.41. The first-order valence-electron chi connectivity index (χ1n) is 6.65. The molecule has 0 fully saturated rings. The van der Waals surface area contributed by atoms with E-state index in [0.717, 1.165) is 21.4 Å². The summed E-state index contributed by atoms with van der Waals surface area (Å²) in [6, 6.07) is 5.59. The minimum atomic E-state index is -0.142. The molecule has 8 heteroatoms. The number of nitrogens with one attached hydrogen (secondary N) is 1. The van der Waals surface area contributed by atoms with Gasteiger partial charge in [-0.1, -0.05) is 27.7 Å². The first-order chi connectivity index (χ1) is 10.3. The molecule has 5 nitrogen and oxygen atoms in total. The number of nitrogens with zero attached hydrogens (tertiary/aromatic N) is 2. The number of amides is 1. The Bertz CT molecular complexity index is 707. The number of thioether (sulfide) groups is 1. The first-order valence-corrected chi connectivity index (χ1v) is 8.43. The Kier molecular flexibility index (Phi) is 7.31. The van der Waals surface area contributed by atoms with Gasteiger partial charge in [0, 0.05) is 15.9 Å². The Morgan fingerprint density at radius 2 is 1.83 bits per heavy atom. The maximum atomic E-state index is 12.1. The quantitative estimate of drug-likeness (QED) is 0.448. The van der Waals surface area contributed by atoms with Gasteiger partial charge >= 0.3 is 0 Å². The molecule has 0 saturated carbocycles. The summed E-state index contributed by atoms with van der Waals surface area (Å²) < 4.78 is 0.875. The summed E-state index contributed by atoms with van der Waals surface area (Å²) in [6.45, 7) is 5.71. The lowest BCUT2D eigenvalue weighted by molar-refractivity contribution is -0.113. The number of carbonyl (C=O) groups excluding carboxylic acids is 1. The maximum Gasteiger partial charge on any atom is 0.234 e. The highest BCUT2D eigenvalue weighted by molar-refractivity contribution is 9.10. The highest BCUT2D eigenvalue weighted by atomic mass is 79.9. The molecule has 2 rings (SSSR count). The van der Waals surface area contributed by atoms with Crippen LogP contribution in [-0.2, 0) is 4.79 Å². The Morgan fingerprint density at radius 1 is 1.22 bits per heavy atom. The molecule has 124 valence electrons. The SMILES string of the molecule is Cc1cc(C)nc(SCC(=O)Nc2cc(Br)cc(C)c2N)n1.Cl. The molecule has 1 heterocycles. The van der Waals surface area contributed by atoms with Gasteiger partial charge in [0.05, 0.1) is 17.1 Å². The maximum absolute atomic E-state index is 12.1. The topological polar surface area (TPSA) is 80.9 Å². The number of aromatic nitrogens is 2. The second-order valence-electron chi connectivity index (χ2n) is 4.95. The van der Waals surface area contributed by atoms with Gasteiger partial charge in [0.25, 0.3) is 0 Å². The van der Waals surface area contributed by atoms with Crippen LogP contribution >= 0.6 is 40.1 Å². The van der Waals surface area contributed by atoms with Gasteiger partial charge in [0.2, 0.25) is 5.91 Å². The van der Waals surface area contributed by atoms with Crippen LogP contribution in [0.1, 0.15) is 17.0 Å². The molecule has 0 aliphatic rings. The van der Waals surface area contributed by atoms with Crippen molar-refractivity contribution in [3.8, 4) is 0 Å². The van der Waals surface area contributed by atoms with Crippen molar-refractivity contribution in [1.29, 1.82) is 0 Å². The molecule has 2 aromatic rings. The van der Waals surface area contributed by atoms with E-state index in [9.17, 15) is 4.79 Å². The smallest absolute Gasteiger partial charge is 0.234 e. The van der Waals surface area contributed by atoms with E-state index in [-0.39, 0.29) is 24.1 Å². The lowest BCUT2D eigenvalue weighted by atomic mass is 10.2. The molecule has 0 saturated heterocycles. The zero-order chi connectivity index (χ0) is 16.3. The van der Waals surface area contributed by atoms with Gasteiger partial charge in [0.1, 0.15) is 0 Å².